The third-order valence-corrected chi connectivity index (χ3v) is 3.70. The number of aryl methyl sites for hydroxylation is 2. The second kappa shape index (κ2) is 8.03. The zero-order valence-electron chi connectivity index (χ0n) is 13.7. The molecule has 0 radical (unpaired) electrons. The van der Waals surface area contributed by atoms with Crippen LogP contribution in [0.25, 0.3) is 0 Å². The summed E-state index contributed by atoms with van der Waals surface area (Å²) >= 11 is 0. The second-order valence-electron chi connectivity index (χ2n) is 6.17. The summed E-state index contributed by atoms with van der Waals surface area (Å²) in [4.78, 5) is 11.9. The summed E-state index contributed by atoms with van der Waals surface area (Å²) in [5.74, 6) is 0.0467. The Morgan fingerprint density at radius 1 is 1.10 bits per heavy atom. The highest BCUT2D eigenvalue weighted by atomic mass is 16.3. The van der Waals surface area contributed by atoms with Gasteiger partial charge >= 0.3 is 6.03 Å². The Bertz CT molecular complexity index is 454. The van der Waals surface area contributed by atoms with Crippen molar-refractivity contribution in [3.8, 4) is 0 Å². The van der Waals surface area contributed by atoms with Crippen molar-refractivity contribution in [3.05, 3.63) is 34.9 Å². The first-order chi connectivity index (χ1) is 9.81. The van der Waals surface area contributed by atoms with E-state index in [4.69, 9.17) is 5.11 Å². The molecule has 0 aromatic heterocycles. The van der Waals surface area contributed by atoms with Crippen LogP contribution >= 0.6 is 0 Å². The van der Waals surface area contributed by atoms with E-state index in [9.17, 15) is 4.79 Å². The van der Waals surface area contributed by atoms with Gasteiger partial charge in [0.1, 0.15) is 0 Å². The Labute approximate surface area is 128 Å². The Morgan fingerprint density at radius 3 is 2.19 bits per heavy atom. The highest BCUT2D eigenvalue weighted by Crippen LogP contribution is 2.11. The number of urea groups is 1. The Hall–Kier alpha value is -1.55. The molecule has 0 bridgehead atoms. The normalized spacial score (nSPS) is 15.1. The monoisotopic (exact) mass is 292 g/mol. The van der Waals surface area contributed by atoms with Crippen LogP contribution in [0, 0.1) is 19.8 Å². The van der Waals surface area contributed by atoms with E-state index < -0.39 is 0 Å². The number of amides is 2. The molecule has 1 rings (SSSR count). The summed E-state index contributed by atoms with van der Waals surface area (Å²) in [7, 11) is 0. The Kier molecular flexibility index (Phi) is 6.69. The van der Waals surface area contributed by atoms with Crippen molar-refractivity contribution in [2.24, 2.45) is 5.92 Å². The molecule has 0 saturated heterocycles. The molecule has 4 heteroatoms. The molecule has 3 atom stereocenters. The first-order valence-corrected chi connectivity index (χ1v) is 7.57. The molecule has 0 saturated carbocycles. The van der Waals surface area contributed by atoms with Gasteiger partial charge in [-0.15, -0.1) is 0 Å². The molecule has 0 aliphatic heterocycles. The minimum Gasteiger partial charge on any atom is -0.396 e. The van der Waals surface area contributed by atoms with Gasteiger partial charge in [0.15, 0.2) is 0 Å². The maximum absolute atomic E-state index is 11.9. The van der Waals surface area contributed by atoms with Crippen LogP contribution in [0.5, 0.6) is 0 Å². The van der Waals surface area contributed by atoms with Crippen LogP contribution in [-0.4, -0.2) is 29.8 Å². The SMILES string of the molecule is Cc1cc(C)cc(CC(C)NC(=O)NC(C)C(C)CO)c1. The van der Waals surface area contributed by atoms with Crippen molar-refractivity contribution >= 4 is 6.03 Å². The van der Waals surface area contributed by atoms with Gasteiger partial charge < -0.3 is 15.7 Å². The standard InChI is InChI=1S/C17H28N2O2/c1-11-6-12(2)8-16(7-11)9-14(4)18-17(21)19-15(5)13(3)10-20/h6-8,13-15,20H,9-10H2,1-5H3,(H2,18,19,21). The van der Waals surface area contributed by atoms with Gasteiger partial charge in [0.25, 0.3) is 0 Å². The largest absolute Gasteiger partial charge is 0.396 e. The average Bonchev–Trinajstić information content (AvgIpc) is 2.35. The molecular weight excluding hydrogens is 264 g/mol. The molecule has 2 amide bonds. The number of carbonyl (C=O) groups is 1. The number of rotatable bonds is 6. The summed E-state index contributed by atoms with van der Waals surface area (Å²) in [5.41, 5.74) is 3.72. The van der Waals surface area contributed by atoms with Crippen molar-refractivity contribution in [2.75, 3.05) is 6.61 Å². The molecule has 3 unspecified atom stereocenters. The zero-order chi connectivity index (χ0) is 16.0. The number of aliphatic hydroxyl groups excluding tert-OH is 1. The topological polar surface area (TPSA) is 61.4 Å². The third-order valence-electron chi connectivity index (χ3n) is 3.70. The van der Waals surface area contributed by atoms with Crippen molar-refractivity contribution in [3.63, 3.8) is 0 Å². The van der Waals surface area contributed by atoms with E-state index in [2.05, 4.69) is 42.7 Å². The predicted octanol–water partition coefficient (Wildman–Crippen LogP) is 2.55. The molecule has 0 aliphatic carbocycles. The van der Waals surface area contributed by atoms with E-state index in [1.165, 1.54) is 16.7 Å². The molecule has 0 heterocycles. The van der Waals surface area contributed by atoms with E-state index >= 15 is 0 Å². The minimum atomic E-state index is -0.181. The van der Waals surface area contributed by atoms with Crippen LogP contribution in [0.3, 0.4) is 0 Å². The molecule has 3 N–H and O–H groups in total. The number of hydrogen-bond acceptors (Lipinski definition) is 2. The van der Waals surface area contributed by atoms with E-state index in [1.54, 1.807) is 0 Å². The second-order valence-corrected chi connectivity index (χ2v) is 6.17. The van der Waals surface area contributed by atoms with Crippen LogP contribution in [0.15, 0.2) is 18.2 Å². The number of aliphatic hydroxyl groups is 1. The fourth-order valence-corrected chi connectivity index (χ4v) is 2.36. The minimum absolute atomic E-state index is 0.0467. The van der Waals surface area contributed by atoms with Gasteiger partial charge in [-0.2, -0.15) is 0 Å². The molecule has 1 aromatic carbocycles. The predicted molar refractivity (Wildman–Crippen MR) is 86.5 cm³/mol. The summed E-state index contributed by atoms with van der Waals surface area (Å²) in [6, 6.07) is 6.27. The average molecular weight is 292 g/mol. The van der Waals surface area contributed by atoms with E-state index in [1.807, 2.05) is 20.8 Å². The molecule has 4 nitrogen and oxygen atoms in total. The highest BCUT2D eigenvalue weighted by Gasteiger charge is 2.15. The maximum Gasteiger partial charge on any atom is 0.315 e. The van der Waals surface area contributed by atoms with E-state index in [-0.39, 0.29) is 30.6 Å². The van der Waals surface area contributed by atoms with Crippen molar-refractivity contribution in [1.29, 1.82) is 0 Å². The van der Waals surface area contributed by atoms with Gasteiger partial charge in [-0.1, -0.05) is 36.2 Å². The van der Waals surface area contributed by atoms with Gasteiger partial charge in [-0.05, 0) is 45.6 Å². The maximum atomic E-state index is 11.9. The first kappa shape index (κ1) is 17.5. The van der Waals surface area contributed by atoms with Gasteiger partial charge in [-0.25, -0.2) is 4.79 Å². The number of benzene rings is 1. The molecule has 21 heavy (non-hydrogen) atoms. The van der Waals surface area contributed by atoms with Crippen molar-refractivity contribution in [2.45, 2.75) is 53.1 Å². The van der Waals surface area contributed by atoms with E-state index in [0.717, 1.165) is 6.42 Å². The number of nitrogens with one attached hydrogen (secondary N) is 2. The fourth-order valence-electron chi connectivity index (χ4n) is 2.36. The Balaban J connectivity index is 2.49. The zero-order valence-corrected chi connectivity index (χ0v) is 13.7. The molecule has 0 fully saturated rings. The summed E-state index contributed by atoms with van der Waals surface area (Å²) < 4.78 is 0. The summed E-state index contributed by atoms with van der Waals surface area (Å²) in [5, 5.41) is 14.9. The number of hydrogen-bond donors (Lipinski definition) is 3. The number of carbonyl (C=O) groups excluding carboxylic acids is 1. The molecule has 0 spiro atoms. The molecule has 1 aromatic rings. The summed E-state index contributed by atoms with van der Waals surface area (Å²) in [6.07, 6.45) is 0.805. The Morgan fingerprint density at radius 2 is 1.67 bits per heavy atom. The lowest BCUT2D eigenvalue weighted by molar-refractivity contribution is 0.199. The fraction of sp³-hybridized carbons (Fsp3) is 0.588. The lowest BCUT2D eigenvalue weighted by atomic mass is 10.0. The van der Waals surface area contributed by atoms with Crippen LogP contribution in [0.4, 0.5) is 4.79 Å². The van der Waals surface area contributed by atoms with Gasteiger partial charge in [0.05, 0.1) is 0 Å². The van der Waals surface area contributed by atoms with Crippen LogP contribution in [0.1, 0.15) is 37.5 Å². The van der Waals surface area contributed by atoms with Gasteiger partial charge in [0.2, 0.25) is 0 Å². The molecule has 118 valence electrons. The van der Waals surface area contributed by atoms with Crippen LogP contribution < -0.4 is 10.6 Å². The van der Waals surface area contributed by atoms with Crippen molar-refractivity contribution < 1.29 is 9.90 Å². The van der Waals surface area contributed by atoms with Gasteiger partial charge in [0, 0.05) is 18.7 Å². The van der Waals surface area contributed by atoms with Crippen molar-refractivity contribution in [1.82, 2.24) is 10.6 Å². The van der Waals surface area contributed by atoms with Crippen LogP contribution in [-0.2, 0) is 6.42 Å². The van der Waals surface area contributed by atoms with Crippen LogP contribution in [0.2, 0.25) is 0 Å². The quantitative estimate of drug-likeness (QED) is 0.754. The van der Waals surface area contributed by atoms with Gasteiger partial charge in [-0.3, -0.25) is 0 Å². The lowest BCUT2D eigenvalue weighted by Crippen LogP contribution is -2.47. The smallest absolute Gasteiger partial charge is 0.315 e. The molecule has 0 aliphatic rings. The highest BCUT2D eigenvalue weighted by molar-refractivity contribution is 5.74. The van der Waals surface area contributed by atoms with E-state index in [0.29, 0.717) is 0 Å². The lowest BCUT2D eigenvalue weighted by Gasteiger charge is -2.21. The first-order valence-electron chi connectivity index (χ1n) is 7.57. The molecular formula is C17H28N2O2. The summed E-state index contributed by atoms with van der Waals surface area (Å²) in [6.45, 7) is 10.0. The third kappa shape index (κ3) is 6.17.